The average molecular weight is 402 g/mol. The monoisotopic (exact) mass is 401 g/mol. The first-order valence-corrected chi connectivity index (χ1v) is 11.1. The lowest BCUT2D eigenvalue weighted by molar-refractivity contribution is 0.303. The number of aryl methyl sites for hydroxylation is 3. The van der Waals surface area contributed by atoms with E-state index in [0.717, 1.165) is 53.2 Å². The van der Waals surface area contributed by atoms with Crippen molar-refractivity contribution in [3.8, 4) is 17.3 Å². The predicted molar refractivity (Wildman–Crippen MR) is 118 cm³/mol. The molecule has 0 bridgehead atoms. The summed E-state index contributed by atoms with van der Waals surface area (Å²) in [5.41, 5.74) is 3.73. The maximum absolute atomic E-state index is 6.27. The Morgan fingerprint density at radius 2 is 1.76 bits per heavy atom. The number of rotatable bonds is 6. The predicted octanol–water partition coefficient (Wildman–Crippen LogP) is 5.64. The molecule has 0 saturated heterocycles. The molecule has 29 heavy (non-hydrogen) atoms. The van der Waals surface area contributed by atoms with E-state index in [0.29, 0.717) is 6.61 Å². The molecule has 0 fully saturated rings. The molecule has 1 aliphatic rings. The highest BCUT2D eigenvalue weighted by molar-refractivity contribution is 7.18. The summed E-state index contributed by atoms with van der Waals surface area (Å²) in [5, 5.41) is 1.14. The molecule has 1 aromatic carbocycles. The van der Waals surface area contributed by atoms with Gasteiger partial charge in [0.25, 0.3) is 0 Å². The zero-order valence-electron chi connectivity index (χ0n) is 16.3. The quantitative estimate of drug-likeness (QED) is 0.392. The molecule has 0 unspecified atom stereocenters. The topological polar surface area (TPSA) is 47.9 Å². The molecule has 5 rings (SSSR count). The normalized spacial score (nSPS) is 13.4. The Hall–Kier alpha value is -2.79. The molecule has 0 atom stereocenters. The molecule has 0 saturated carbocycles. The molecule has 3 heterocycles. The highest BCUT2D eigenvalue weighted by Gasteiger charge is 2.22. The fourth-order valence-electron chi connectivity index (χ4n) is 3.95. The molecule has 0 aliphatic heterocycles. The van der Waals surface area contributed by atoms with Crippen LogP contribution in [0.2, 0.25) is 0 Å². The zero-order chi connectivity index (χ0) is 19.5. The van der Waals surface area contributed by atoms with Crippen LogP contribution in [0.25, 0.3) is 21.6 Å². The standard InChI is InChI=1S/C24H23N3OS/c1-2-7-17(8-3-1)9-6-16-28-23-21-19-10-4-5-11-20(19)29-24(21)27-22(26-23)18-12-14-25-15-13-18/h1-3,7-8,12-15H,4-6,9-11,16H2. The van der Waals surface area contributed by atoms with Gasteiger partial charge in [-0.25, -0.2) is 4.98 Å². The van der Waals surface area contributed by atoms with Crippen molar-refractivity contribution in [2.45, 2.75) is 38.5 Å². The van der Waals surface area contributed by atoms with Crippen molar-refractivity contribution in [2.24, 2.45) is 0 Å². The van der Waals surface area contributed by atoms with Crippen LogP contribution in [0.15, 0.2) is 54.9 Å². The van der Waals surface area contributed by atoms with Gasteiger partial charge >= 0.3 is 0 Å². The van der Waals surface area contributed by atoms with Gasteiger partial charge in [0.1, 0.15) is 4.83 Å². The summed E-state index contributed by atoms with van der Waals surface area (Å²) in [4.78, 5) is 16.4. The van der Waals surface area contributed by atoms with Gasteiger partial charge in [-0.05, 0) is 61.8 Å². The maximum atomic E-state index is 6.27. The largest absolute Gasteiger partial charge is 0.477 e. The van der Waals surface area contributed by atoms with E-state index in [1.807, 2.05) is 23.5 Å². The van der Waals surface area contributed by atoms with Gasteiger partial charge in [0, 0.05) is 22.8 Å². The number of thiophene rings is 1. The summed E-state index contributed by atoms with van der Waals surface area (Å²) in [5.74, 6) is 1.46. The Kier molecular flexibility index (Phi) is 5.22. The van der Waals surface area contributed by atoms with Crippen molar-refractivity contribution < 1.29 is 4.74 Å². The molecule has 0 amide bonds. The summed E-state index contributed by atoms with van der Waals surface area (Å²) in [6.45, 7) is 0.654. The second-order valence-corrected chi connectivity index (χ2v) is 8.50. The van der Waals surface area contributed by atoms with Gasteiger partial charge in [-0.1, -0.05) is 30.3 Å². The average Bonchev–Trinajstić information content (AvgIpc) is 3.16. The number of nitrogens with zero attached hydrogens (tertiary/aromatic N) is 3. The van der Waals surface area contributed by atoms with Crippen molar-refractivity contribution >= 4 is 21.6 Å². The molecular formula is C24H23N3OS. The number of fused-ring (bicyclic) bond motifs is 3. The van der Waals surface area contributed by atoms with E-state index in [1.54, 1.807) is 12.4 Å². The molecular weight excluding hydrogens is 378 g/mol. The third-order valence-electron chi connectivity index (χ3n) is 5.41. The zero-order valence-corrected chi connectivity index (χ0v) is 17.1. The van der Waals surface area contributed by atoms with Crippen LogP contribution in [-0.2, 0) is 19.3 Å². The summed E-state index contributed by atoms with van der Waals surface area (Å²) in [7, 11) is 0. The minimum absolute atomic E-state index is 0.654. The van der Waals surface area contributed by atoms with Crippen LogP contribution in [0.4, 0.5) is 0 Å². The Morgan fingerprint density at radius 3 is 2.62 bits per heavy atom. The molecule has 0 spiro atoms. The number of aromatic nitrogens is 3. The lowest BCUT2D eigenvalue weighted by Gasteiger charge is -2.13. The van der Waals surface area contributed by atoms with Gasteiger partial charge in [-0.2, -0.15) is 4.98 Å². The van der Waals surface area contributed by atoms with E-state index < -0.39 is 0 Å². The number of pyridine rings is 1. The van der Waals surface area contributed by atoms with E-state index in [9.17, 15) is 0 Å². The van der Waals surface area contributed by atoms with Crippen molar-refractivity contribution in [1.29, 1.82) is 0 Å². The number of hydrogen-bond acceptors (Lipinski definition) is 5. The molecule has 0 radical (unpaired) electrons. The minimum Gasteiger partial charge on any atom is -0.477 e. The molecule has 0 N–H and O–H groups in total. The van der Waals surface area contributed by atoms with Crippen molar-refractivity contribution in [3.05, 3.63) is 70.9 Å². The van der Waals surface area contributed by atoms with Crippen molar-refractivity contribution in [3.63, 3.8) is 0 Å². The van der Waals surface area contributed by atoms with Crippen LogP contribution in [0.1, 0.15) is 35.3 Å². The van der Waals surface area contributed by atoms with E-state index in [4.69, 9.17) is 14.7 Å². The highest BCUT2D eigenvalue weighted by Crippen LogP contribution is 2.40. The molecule has 4 aromatic rings. The second-order valence-electron chi connectivity index (χ2n) is 7.42. The summed E-state index contributed by atoms with van der Waals surface area (Å²) in [6, 6.07) is 14.5. The van der Waals surface area contributed by atoms with Gasteiger partial charge in [0.15, 0.2) is 5.82 Å². The van der Waals surface area contributed by atoms with Gasteiger partial charge in [-0.3, -0.25) is 4.98 Å². The van der Waals surface area contributed by atoms with Crippen LogP contribution < -0.4 is 4.74 Å². The Balaban J connectivity index is 1.45. The lowest BCUT2D eigenvalue weighted by Crippen LogP contribution is -2.05. The van der Waals surface area contributed by atoms with E-state index in [1.165, 1.54) is 28.8 Å². The second kappa shape index (κ2) is 8.29. The van der Waals surface area contributed by atoms with Crippen LogP contribution in [0.3, 0.4) is 0 Å². The number of benzene rings is 1. The third-order valence-corrected chi connectivity index (χ3v) is 6.60. The highest BCUT2D eigenvalue weighted by atomic mass is 32.1. The third kappa shape index (κ3) is 3.87. The lowest BCUT2D eigenvalue weighted by atomic mass is 9.97. The van der Waals surface area contributed by atoms with Crippen LogP contribution in [0, 0.1) is 0 Å². The summed E-state index contributed by atoms with van der Waals surface area (Å²) < 4.78 is 6.27. The van der Waals surface area contributed by atoms with Crippen LogP contribution >= 0.6 is 11.3 Å². The fourth-order valence-corrected chi connectivity index (χ4v) is 5.20. The minimum atomic E-state index is 0.654. The van der Waals surface area contributed by atoms with Crippen molar-refractivity contribution in [2.75, 3.05) is 6.61 Å². The van der Waals surface area contributed by atoms with E-state index in [2.05, 4.69) is 35.3 Å². The van der Waals surface area contributed by atoms with Gasteiger partial charge in [0.2, 0.25) is 5.88 Å². The van der Waals surface area contributed by atoms with Gasteiger partial charge in [0.05, 0.1) is 12.0 Å². The smallest absolute Gasteiger partial charge is 0.226 e. The van der Waals surface area contributed by atoms with Crippen LogP contribution in [-0.4, -0.2) is 21.6 Å². The summed E-state index contributed by atoms with van der Waals surface area (Å²) in [6.07, 6.45) is 10.3. The fraction of sp³-hybridized carbons (Fsp3) is 0.292. The van der Waals surface area contributed by atoms with Crippen LogP contribution in [0.5, 0.6) is 5.88 Å². The Labute approximate surface area is 174 Å². The Morgan fingerprint density at radius 1 is 0.931 bits per heavy atom. The molecule has 1 aliphatic carbocycles. The van der Waals surface area contributed by atoms with E-state index >= 15 is 0 Å². The first kappa shape index (κ1) is 18.3. The van der Waals surface area contributed by atoms with Crippen molar-refractivity contribution in [1.82, 2.24) is 15.0 Å². The first-order chi connectivity index (χ1) is 14.4. The maximum Gasteiger partial charge on any atom is 0.226 e. The van der Waals surface area contributed by atoms with E-state index in [-0.39, 0.29) is 0 Å². The first-order valence-electron chi connectivity index (χ1n) is 10.3. The number of hydrogen-bond donors (Lipinski definition) is 0. The van der Waals surface area contributed by atoms with Gasteiger partial charge in [-0.15, -0.1) is 11.3 Å². The number of ether oxygens (including phenoxy) is 1. The molecule has 146 valence electrons. The molecule has 5 heteroatoms. The molecule has 4 nitrogen and oxygen atoms in total. The summed E-state index contributed by atoms with van der Waals surface area (Å²) >= 11 is 1.81. The SMILES string of the molecule is c1ccc(CCCOc2nc(-c3ccncc3)nc3sc4c(c23)CCCC4)cc1. The Bertz CT molecular complexity index is 1110. The van der Waals surface area contributed by atoms with Gasteiger partial charge < -0.3 is 4.74 Å². The molecule has 3 aromatic heterocycles.